The number of pyridine rings is 1. The summed E-state index contributed by atoms with van der Waals surface area (Å²) in [4.78, 5) is 16.0. The summed E-state index contributed by atoms with van der Waals surface area (Å²) in [5.74, 6) is 0.116. The summed E-state index contributed by atoms with van der Waals surface area (Å²) in [5, 5.41) is 2.89. The lowest BCUT2D eigenvalue weighted by Gasteiger charge is -2.19. The van der Waals surface area contributed by atoms with Crippen LogP contribution in [-0.4, -0.2) is 23.5 Å². The maximum Gasteiger partial charge on any atom is 0.270 e. The van der Waals surface area contributed by atoms with Gasteiger partial charge in [-0.2, -0.15) is 0 Å². The number of aromatic nitrogens is 1. The van der Waals surface area contributed by atoms with Crippen LogP contribution in [0.5, 0.6) is 0 Å². The van der Waals surface area contributed by atoms with Crippen molar-refractivity contribution in [3.05, 3.63) is 29.6 Å². The Labute approximate surface area is 96.3 Å². The summed E-state index contributed by atoms with van der Waals surface area (Å²) in [7, 11) is 0. The van der Waals surface area contributed by atoms with Crippen molar-refractivity contribution in [2.24, 2.45) is 11.7 Å². The van der Waals surface area contributed by atoms with Gasteiger partial charge in [0.2, 0.25) is 0 Å². The Kier molecular flexibility index (Phi) is 4.43. The number of hydrogen-bond donors (Lipinski definition) is 2. The Bertz CT molecular complexity index is 365. The number of carbonyl (C=O) groups excluding carboxylic acids is 1. The lowest BCUT2D eigenvalue weighted by molar-refractivity contribution is 0.0924. The van der Waals surface area contributed by atoms with Crippen LogP contribution in [0.4, 0.5) is 0 Å². The number of aryl methyl sites for hydroxylation is 1. The van der Waals surface area contributed by atoms with Crippen LogP contribution in [0.15, 0.2) is 18.2 Å². The molecule has 2 unspecified atom stereocenters. The normalized spacial score (nSPS) is 14.2. The first-order valence-electron chi connectivity index (χ1n) is 5.49. The molecule has 0 bridgehead atoms. The third-order valence-electron chi connectivity index (χ3n) is 2.71. The van der Waals surface area contributed by atoms with Crippen molar-refractivity contribution in [1.82, 2.24) is 10.3 Å². The zero-order chi connectivity index (χ0) is 12.1. The number of hydrogen-bond acceptors (Lipinski definition) is 3. The highest BCUT2D eigenvalue weighted by Gasteiger charge is 2.15. The fourth-order valence-electron chi connectivity index (χ4n) is 1.30. The molecule has 4 heteroatoms. The zero-order valence-corrected chi connectivity index (χ0v) is 10.0. The Hall–Kier alpha value is -1.42. The van der Waals surface area contributed by atoms with Gasteiger partial charge in [0.25, 0.3) is 5.91 Å². The predicted molar refractivity (Wildman–Crippen MR) is 64.1 cm³/mol. The van der Waals surface area contributed by atoms with Gasteiger partial charge in [0, 0.05) is 11.7 Å². The molecule has 1 aromatic heterocycles. The van der Waals surface area contributed by atoms with E-state index in [1.165, 1.54) is 0 Å². The molecule has 0 saturated heterocycles. The highest BCUT2D eigenvalue weighted by Crippen LogP contribution is 2.03. The first-order chi connectivity index (χ1) is 7.54. The maximum absolute atomic E-state index is 11.8. The van der Waals surface area contributed by atoms with E-state index in [2.05, 4.69) is 10.3 Å². The van der Waals surface area contributed by atoms with Crippen molar-refractivity contribution in [2.45, 2.75) is 26.8 Å². The molecule has 88 valence electrons. The molecular formula is C12H19N3O. The van der Waals surface area contributed by atoms with Gasteiger partial charge in [-0.3, -0.25) is 4.79 Å². The standard InChI is InChI=1S/C12H19N3O/c1-8(7-13)10(3)15-12(16)11-6-4-5-9(2)14-11/h4-6,8,10H,7,13H2,1-3H3,(H,15,16). The van der Waals surface area contributed by atoms with Gasteiger partial charge in [-0.15, -0.1) is 0 Å². The van der Waals surface area contributed by atoms with Crippen molar-refractivity contribution in [1.29, 1.82) is 0 Å². The van der Waals surface area contributed by atoms with E-state index in [0.29, 0.717) is 12.2 Å². The van der Waals surface area contributed by atoms with E-state index in [1.54, 1.807) is 6.07 Å². The van der Waals surface area contributed by atoms with Crippen LogP contribution >= 0.6 is 0 Å². The van der Waals surface area contributed by atoms with Crippen molar-refractivity contribution in [2.75, 3.05) is 6.54 Å². The third-order valence-corrected chi connectivity index (χ3v) is 2.71. The summed E-state index contributed by atoms with van der Waals surface area (Å²) < 4.78 is 0. The number of amides is 1. The molecule has 0 aliphatic carbocycles. The topological polar surface area (TPSA) is 68.0 Å². The van der Waals surface area contributed by atoms with Crippen molar-refractivity contribution >= 4 is 5.91 Å². The van der Waals surface area contributed by atoms with Crippen molar-refractivity contribution < 1.29 is 4.79 Å². The maximum atomic E-state index is 11.8. The average Bonchev–Trinajstić information content (AvgIpc) is 2.27. The molecular weight excluding hydrogens is 202 g/mol. The molecule has 1 aromatic rings. The van der Waals surface area contributed by atoms with Gasteiger partial charge in [0.15, 0.2) is 0 Å². The van der Waals surface area contributed by atoms with Gasteiger partial charge in [-0.25, -0.2) is 4.98 Å². The summed E-state index contributed by atoms with van der Waals surface area (Å²) >= 11 is 0. The molecule has 2 atom stereocenters. The van der Waals surface area contributed by atoms with Crippen LogP contribution in [0.1, 0.15) is 30.0 Å². The fourth-order valence-corrected chi connectivity index (χ4v) is 1.30. The number of rotatable bonds is 4. The molecule has 1 rings (SSSR count). The van der Waals surface area contributed by atoms with Crippen LogP contribution in [-0.2, 0) is 0 Å². The molecule has 0 radical (unpaired) electrons. The predicted octanol–water partition coefficient (Wildman–Crippen LogP) is 1.10. The molecule has 0 fully saturated rings. The van der Waals surface area contributed by atoms with Crippen LogP contribution < -0.4 is 11.1 Å². The van der Waals surface area contributed by atoms with Gasteiger partial charge in [-0.05, 0) is 38.4 Å². The summed E-state index contributed by atoms with van der Waals surface area (Å²) in [5.41, 5.74) is 6.84. The van der Waals surface area contributed by atoms with Gasteiger partial charge in [0.05, 0.1) is 0 Å². The van der Waals surface area contributed by atoms with E-state index in [-0.39, 0.29) is 17.9 Å². The smallest absolute Gasteiger partial charge is 0.270 e. The number of nitrogens with two attached hydrogens (primary N) is 1. The van der Waals surface area contributed by atoms with Crippen LogP contribution in [0.25, 0.3) is 0 Å². The summed E-state index contributed by atoms with van der Waals surface area (Å²) in [6, 6.07) is 5.46. The molecule has 0 spiro atoms. The monoisotopic (exact) mass is 221 g/mol. The Morgan fingerprint density at radius 1 is 1.50 bits per heavy atom. The largest absolute Gasteiger partial charge is 0.348 e. The number of nitrogens with one attached hydrogen (secondary N) is 1. The second kappa shape index (κ2) is 5.61. The van der Waals surface area contributed by atoms with Gasteiger partial charge in [-0.1, -0.05) is 13.0 Å². The van der Waals surface area contributed by atoms with Gasteiger partial charge < -0.3 is 11.1 Å². The summed E-state index contributed by atoms with van der Waals surface area (Å²) in [6.45, 7) is 6.38. The molecule has 0 saturated carbocycles. The minimum atomic E-state index is -0.142. The Morgan fingerprint density at radius 2 is 2.19 bits per heavy atom. The second-order valence-corrected chi connectivity index (χ2v) is 4.14. The molecule has 16 heavy (non-hydrogen) atoms. The van der Waals surface area contributed by atoms with Gasteiger partial charge in [0.1, 0.15) is 5.69 Å². The van der Waals surface area contributed by atoms with Gasteiger partial charge >= 0.3 is 0 Å². The quantitative estimate of drug-likeness (QED) is 0.800. The summed E-state index contributed by atoms with van der Waals surface area (Å²) in [6.07, 6.45) is 0. The molecule has 0 aliphatic heterocycles. The molecule has 0 aliphatic rings. The minimum absolute atomic E-state index is 0.0554. The van der Waals surface area contributed by atoms with E-state index in [4.69, 9.17) is 5.73 Å². The Balaban J connectivity index is 2.66. The fraction of sp³-hybridized carbons (Fsp3) is 0.500. The van der Waals surface area contributed by atoms with E-state index in [9.17, 15) is 4.79 Å². The molecule has 0 aromatic carbocycles. The van der Waals surface area contributed by atoms with E-state index < -0.39 is 0 Å². The van der Waals surface area contributed by atoms with E-state index in [1.807, 2.05) is 32.9 Å². The molecule has 1 amide bonds. The second-order valence-electron chi connectivity index (χ2n) is 4.14. The van der Waals surface area contributed by atoms with E-state index >= 15 is 0 Å². The molecule has 4 nitrogen and oxygen atoms in total. The SMILES string of the molecule is Cc1cccc(C(=O)NC(C)C(C)CN)n1. The Morgan fingerprint density at radius 3 is 2.75 bits per heavy atom. The van der Waals surface area contributed by atoms with E-state index in [0.717, 1.165) is 5.69 Å². The van der Waals surface area contributed by atoms with Crippen LogP contribution in [0.3, 0.4) is 0 Å². The lowest BCUT2D eigenvalue weighted by atomic mass is 10.0. The van der Waals surface area contributed by atoms with Crippen LogP contribution in [0.2, 0.25) is 0 Å². The highest BCUT2D eigenvalue weighted by molar-refractivity contribution is 5.92. The average molecular weight is 221 g/mol. The van der Waals surface area contributed by atoms with Crippen molar-refractivity contribution in [3.63, 3.8) is 0 Å². The molecule has 3 N–H and O–H groups in total. The third kappa shape index (κ3) is 3.31. The first kappa shape index (κ1) is 12.6. The number of nitrogens with zero attached hydrogens (tertiary/aromatic N) is 1. The lowest BCUT2D eigenvalue weighted by Crippen LogP contribution is -2.40. The highest BCUT2D eigenvalue weighted by atomic mass is 16.1. The molecule has 1 heterocycles. The minimum Gasteiger partial charge on any atom is -0.348 e. The van der Waals surface area contributed by atoms with Crippen molar-refractivity contribution in [3.8, 4) is 0 Å². The number of carbonyl (C=O) groups is 1. The zero-order valence-electron chi connectivity index (χ0n) is 10.0. The van der Waals surface area contributed by atoms with Crippen LogP contribution in [0, 0.1) is 12.8 Å². The first-order valence-corrected chi connectivity index (χ1v) is 5.49.